The van der Waals surface area contributed by atoms with Gasteiger partial charge in [0, 0.05) is 12.7 Å². The fourth-order valence-electron chi connectivity index (χ4n) is 2.50. The zero-order valence-corrected chi connectivity index (χ0v) is 15.0. The molecule has 0 saturated carbocycles. The van der Waals surface area contributed by atoms with E-state index in [1.165, 1.54) is 0 Å². The maximum Gasteiger partial charge on any atom is 0.203 e. The molecule has 1 heterocycles. The van der Waals surface area contributed by atoms with Crippen molar-refractivity contribution in [1.29, 1.82) is 0 Å². The van der Waals surface area contributed by atoms with E-state index in [0.29, 0.717) is 29.4 Å². The van der Waals surface area contributed by atoms with Crippen molar-refractivity contribution in [2.75, 3.05) is 25.5 Å². The zero-order valence-electron chi connectivity index (χ0n) is 12.6. The Balaban J connectivity index is 1.87. The van der Waals surface area contributed by atoms with Crippen molar-refractivity contribution in [3.63, 3.8) is 0 Å². The predicted molar refractivity (Wildman–Crippen MR) is 91.4 cm³/mol. The molecule has 22 heavy (non-hydrogen) atoms. The second-order valence-electron chi connectivity index (χ2n) is 5.70. The van der Waals surface area contributed by atoms with E-state index in [1.54, 1.807) is 6.07 Å². The van der Waals surface area contributed by atoms with Crippen LogP contribution >= 0.6 is 30.6 Å². The van der Waals surface area contributed by atoms with Crippen LogP contribution in [0.4, 0.5) is 0 Å². The van der Waals surface area contributed by atoms with Crippen LogP contribution in [0, 0.1) is 0 Å². The number of halogens is 2. The van der Waals surface area contributed by atoms with Crippen molar-refractivity contribution in [2.45, 2.75) is 31.9 Å². The molecule has 3 unspecified atom stereocenters. The minimum absolute atomic E-state index is 0.0275. The number of hydrogen-bond donors (Lipinski definition) is 2. The largest absolute Gasteiger partial charge is 0.374 e. The highest BCUT2D eigenvalue weighted by Crippen LogP contribution is 2.43. The van der Waals surface area contributed by atoms with Crippen LogP contribution in [0.1, 0.15) is 31.4 Å². The van der Waals surface area contributed by atoms with E-state index in [1.807, 2.05) is 19.1 Å². The van der Waals surface area contributed by atoms with Gasteiger partial charge in [-0.15, -0.1) is 0 Å². The minimum Gasteiger partial charge on any atom is -0.374 e. The second kappa shape index (κ2) is 8.14. The van der Waals surface area contributed by atoms with Crippen LogP contribution in [0.2, 0.25) is 10.0 Å². The lowest BCUT2D eigenvalue weighted by atomic mass is 10.1. The molecule has 0 bridgehead atoms. The monoisotopic (exact) mass is 365 g/mol. The van der Waals surface area contributed by atoms with Crippen LogP contribution in [0.3, 0.4) is 0 Å². The van der Waals surface area contributed by atoms with Crippen molar-refractivity contribution in [1.82, 2.24) is 5.32 Å². The van der Waals surface area contributed by atoms with Crippen molar-refractivity contribution in [3.05, 3.63) is 33.8 Å². The normalized spacial score (nSPS) is 24.9. The third kappa shape index (κ3) is 5.23. The molecule has 3 atom stereocenters. The van der Waals surface area contributed by atoms with Crippen LogP contribution in [-0.4, -0.2) is 36.5 Å². The van der Waals surface area contributed by atoms with E-state index < -0.39 is 7.37 Å². The molecule has 124 valence electrons. The summed E-state index contributed by atoms with van der Waals surface area (Å²) in [7, 11) is -3.09. The molecule has 2 N–H and O–H groups in total. The Labute approximate surface area is 141 Å². The highest BCUT2D eigenvalue weighted by molar-refractivity contribution is 7.58. The number of ether oxygens (including phenoxy) is 1. The Morgan fingerprint density at radius 1 is 1.41 bits per heavy atom. The standard InChI is InChI=1S/C15H22Cl2NO3P/c1-2-3-6-22(19,20)10-12-8-18-15(9-21-12)11-4-5-13(16)14(17)7-11/h4-5,7,12,15,18H,2-3,6,8-10H2,1H3,(H,19,20). The molecule has 1 aromatic rings. The van der Waals surface area contributed by atoms with Gasteiger partial charge >= 0.3 is 0 Å². The van der Waals surface area contributed by atoms with E-state index in [0.717, 1.165) is 18.4 Å². The summed E-state index contributed by atoms with van der Waals surface area (Å²) in [6.07, 6.45) is 2.08. The fourth-order valence-corrected chi connectivity index (χ4v) is 4.67. The van der Waals surface area contributed by atoms with E-state index in [9.17, 15) is 9.46 Å². The lowest BCUT2D eigenvalue weighted by Crippen LogP contribution is -2.42. The molecule has 0 radical (unpaired) electrons. The van der Waals surface area contributed by atoms with Crippen LogP contribution in [-0.2, 0) is 9.30 Å². The fraction of sp³-hybridized carbons (Fsp3) is 0.600. The van der Waals surface area contributed by atoms with Gasteiger partial charge in [0.2, 0.25) is 7.37 Å². The van der Waals surface area contributed by atoms with Crippen LogP contribution < -0.4 is 5.32 Å². The van der Waals surface area contributed by atoms with E-state index >= 15 is 0 Å². The van der Waals surface area contributed by atoms with Gasteiger partial charge < -0.3 is 14.9 Å². The van der Waals surface area contributed by atoms with Crippen LogP contribution in [0.15, 0.2) is 18.2 Å². The molecule has 1 aromatic carbocycles. The summed E-state index contributed by atoms with van der Waals surface area (Å²) in [6, 6.07) is 5.52. The van der Waals surface area contributed by atoms with Gasteiger partial charge in [-0.3, -0.25) is 4.57 Å². The van der Waals surface area contributed by atoms with Crippen molar-refractivity contribution in [3.8, 4) is 0 Å². The van der Waals surface area contributed by atoms with Gasteiger partial charge in [-0.2, -0.15) is 0 Å². The summed E-state index contributed by atoms with van der Waals surface area (Å²) in [5, 5.41) is 4.39. The number of morpholine rings is 1. The Kier molecular flexibility index (Phi) is 6.75. The first kappa shape index (κ1) is 18.3. The molecule has 1 saturated heterocycles. The smallest absolute Gasteiger partial charge is 0.203 e. The molecule has 2 rings (SSSR count). The summed E-state index contributed by atoms with van der Waals surface area (Å²) in [5.74, 6) is 0. The van der Waals surface area contributed by atoms with Crippen molar-refractivity contribution >= 4 is 30.6 Å². The minimum atomic E-state index is -3.09. The maximum atomic E-state index is 12.1. The first-order valence-corrected chi connectivity index (χ1v) is 10.3. The number of rotatable bonds is 6. The summed E-state index contributed by atoms with van der Waals surface area (Å²) in [5.41, 5.74) is 1.01. The molecule has 4 nitrogen and oxygen atoms in total. The molecular formula is C15H22Cl2NO3P. The molecule has 1 aliphatic heterocycles. The molecule has 1 fully saturated rings. The third-order valence-corrected chi connectivity index (χ3v) is 6.52. The Hall–Kier alpha value is -0.0900. The summed E-state index contributed by atoms with van der Waals surface area (Å²) in [4.78, 5) is 9.96. The zero-order chi connectivity index (χ0) is 16.2. The van der Waals surface area contributed by atoms with Gasteiger partial charge in [-0.25, -0.2) is 0 Å². The lowest BCUT2D eigenvalue weighted by Gasteiger charge is -2.31. The van der Waals surface area contributed by atoms with Crippen LogP contribution in [0.5, 0.6) is 0 Å². The van der Waals surface area contributed by atoms with Gasteiger partial charge in [0.05, 0.1) is 35.0 Å². The van der Waals surface area contributed by atoms with E-state index in [-0.39, 0.29) is 18.3 Å². The predicted octanol–water partition coefficient (Wildman–Crippen LogP) is 4.09. The molecule has 1 aliphatic rings. The highest BCUT2D eigenvalue weighted by atomic mass is 35.5. The third-order valence-electron chi connectivity index (χ3n) is 3.79. The molecule has 0 aromatic heterocycles. The first-order chi connectivity index (χ1) is 10.4. The topological polar surface area (TPSA) is 58.6 Å². The van der Waals surface area contributed by atoms with E-state index in [4.69, 9.17) is 27.9 Å². The number of nitrogens with one attached hydrogen (secondary N) is 1. The number of hydrogen-bond acceptors (Lipinski definition) is 3. The van der Waals surface area contributed by atoms with Crippen molar-refractivity contribution < 1.29 is 14.2 Å². The average Bonchev–Trinajstić information content (AvgIpc) is 2.48. The van der Waals surface area contributed by atoms with Crippen LogP contribution in [0.25, 0.3) is 0 Å². The quantitative estimate of drug-likeness (QED) is 0.745. The molecule has 0 amide bonds. The summed E-state index contributed by atoms with van der Waals surface area (Å²) < 4.78 is 17.9. The van der Waals surface area contributed by atoms with Gasteiger partial charge in [0.15, 0.2) is 0 Å². The first-order valence-electron chi connectivity index (χ1n) is 7.52. The number of unbranched alkanes of at least 4 members (excludes halogenated alkanes) is 1. The SMILES string of the molecule is CCCCP(=O)(O)CC1CNC(c2ccc(Cl)c(Cl)c2)CO1. The van der Waals surface area contributed by atoms with Gasteiger partial charge in [0.25, 0.3) is 0 Å². The Bertz CT molecular complexity index is 548. The molecular weight excluding hydrogens is 344 g/mol. The molecule has 0 spiro atoms. The number of benzene rings is 1. The van der Waals surface area contributed by atoms with Gasteiger partial charge in [-0.1, -0.05) is 42.6 Å². The maximum absolute atomic E-state index is 12.1. The average molecular weight is 366 g/mol. The lowest BCUT2D eigenvalue weighted by molar-refractivity contribution is 0.0157. The Morgan fingerprint density at radius 3 is 2.77 bits per heavy atom. The van der Waals surface area contributed by atoms with E-state index in [2.05, 4.69) is 5.32 Å². The highest BCUT2D eigenvalue weighted by Gasteiger charge is 2.29. The Morgan fingerprint density at radius 2 is 2.18 bits per heavy atom. The van der Waals surface area contributed by atoms with Gasteiger partial charge in [0.1, 0.15) is 0 Å². The summed E-state index contributed by atoms with van der Waals surface area (Å²) >= 11 is 11.9. The molecule has 7 heteroatoms. The second-order valence-corrected chi connectivity index (χ2v) is 9.02. The van der Waals surface area contributed by atoms with Crippen molar-refractivity contribution in [2.24, 2.45) is 0 Å². The van der Waals surface area contributed by atoms with Gasteiger partial charge in [-0.05, 0) is 24.1 Å². The molecule has 0 aliphatic carbocycles. The summed E-state index contributed by atoms with van der Waals surface area (Å²) in [6.45, 7) is 3.03.